The van der Waals surface area contributed by atoms with Crippen LogP contribution in [0, 0.1) is 0 Å². The Hall–Kier alpha value is -1.96. The summed E-state index contributed by atoms with van der Waals surface area (Å²) < 4.78 is 1.16. The van der Waals surface area contributed by atoms with E-state index < -0.39 is 0 Å². The molecule has 0 bridgehead atoms. The van der Waals surface area contributed by atoms with Gasteiger partial charge in [0.25, 0.3) is 5.91 Å². The number of hydrazone groups is 1. The van der Waals surface area contributed by atoms with Gasteiger partial charge in [0, 0.05) is 10.0 Å². The van der Waals surface area contributed by atoms with Gasteiger partial charge in [-0.2, -0.15) is 10.1 Å². The number of rotatable bonds is 3. The van der Waals surface area contributed by atoms with Crippen LogP contribution in [0.3, 0.4) is 0 Å². The summed E-state index contributed by atoms with van der Waals surface area (Å²) >= 11 is 9.73. The molecule has 0 aromatic heterocycles. The standard InChI is InChI=1S/C17H11BrN2O2S2/c18-13-6-7-14(21)12(8-13)9-15-16(22)20(17(23)24-15)19-10-11-4-2-1-3-5-11/h1-10,21H. The molecule has 7 heteroatoms. The van der Waals surface area contributed by atoms with E-state index in [1.54, 1.807) is 30.5 Å². The van der Waals surface area contributed by atoms with Crippen molar-refractivity contribution < 1.29 is 9.90 Å². The molecule has 0 spiro atoms. The lowest BCUT2D eigenvalue weighted by Gasteiger charge is -2.06. The minimum absolute atomic E-state index is 0.0938. The van der Waals surface area contributed by atoms with Crippen LogP contribution < -0.4 is 0 Å². The van der Waals surface area contributed by atoms with Crippen LogP contribution in [0.15, 0.2) is 63.0 Å². The smallest absolute Gasteiger partial charge is 0.286 e. The van der Waals surface area contributed by atoms with E-state index in [0.717, 1.165) is 21.8 Å². The van der Waals surface area contributed by atoms with Crippen molar-refractivity contribution >= 4 is 62.4 Å². The monoisotopic (exact) mass is 418 g/mol. The molecule has 4 nitrogen and oxygen atoms in total. The van der Waals surface area contributed by atoms with E-state index in [1.165, 1.54) is 5.01 Å². The molecule has 0 radical (unpaired) electrons. The molecule has 3 rings (SSSR count). The number of aromatic hydroxyl groups is 1. The van der Waals surface area contributed by atoms with Crippen molar-refractivity contribution in [3.63, 3.8) is 0 Å². The van der Waals surface area contributed by atoms with Gasteiger partial charge < -0.3 is 5.11 Å². The van der Waals surface area contributed by atoms with E-state index in [1.807, 2.05) is 30.3 Å². The fourth-order valence-corrected chi connectivity index (χ4v) is 3.55. The van der Waals surface area contributed by atoms with Gasteiger partial charge in [-0.05, 0) is 42.1 Å². The van der Waals surface area contributed by atoms with Crippen LogP contribution >= 0.6 is 39.9 Å². The molecule has 0 unspecified atom stereocenters. The summed E-state index contributed by atoms with van der Waals surface area (Å²) in [5.41, 5.74) is 1.41. The highest BCUT2D eigenvalue weighted by atomic mass is 79.9. The number of phenolic OH excluding ortho intramolecular Hbond substituents is 1. The Bertz CT molecular complexity index is 866. The van der Waals surface area contributed by atoms with Crippen LogP contribution in [-0.4, -0.2) is 26.6 Å². The third-order valence-corrected chi connectivity index (χ3v) is 4.95. The number of hydrogen-bond acceptors (Lipinski definition) is 5. The summed E-state index contributed by atoms with van der Waals surface area (Å²) in [4.78, 5) is 12.9. The van der Waals surface area contributed by atoms with Crippen molar-refractivity contribution in [1.82, 2.24) is 5.01 Å². The Morgan fingerprint density at radius 2 is 1.96 bits per heavy atom. The number of thioether (sulfide) groups is 1. The van der Waals surface area contributed by atoms with Gasteiger partial charge in [-0.25, -0.2) is 0 Å². The first kappa shape index (κ1) is 16.9. The predicted octanol–water partition coefficient (Wildman–Crippen LogP) is 4.39. The highest BCUT2D eigenvalue weighted by molar-refractivity contribution is 9.10. The molecule has 2 aromatic carbocycles. The Morgan fingerprint density at radius 3 is 2.71 bits per heavy atom. The van der Waals surface area contributed by atoms with E-state index in [-0.39, 0.29) is 11.7 Å². The average molecular weight is 419 g/mol. The SMILES string of the molecule is O=C1C(=Cc2cc(Br)ccc2O)SC(=S)N1N=Cc1ccccc1. The van der Waals surface area contributed by atoms with Crippen LogP contribution in [-0.2, 0) is 4.79 Å². The van der Waals surface area contributed by atoms with Crippen LogP contribution in [0.4, 0.5) is 0 Å². The van der Waals surface area contributed by atoms with Gasteiger partial charge in [0.1, 0.15) is 5.75 Å². The van der Waals surface area contributed by atoms with Gasteiger partial charge in [0.2, 0.25) is 0 Å². The number of thiocarbonyl (C=S) groups is 1. The zero-order valence-electron chi connectivity index (χ0n) is 12.2. The first-order valence-electron chi connectivity index (χ1n) is 6.90. The molecular formula is C17H11BrN2O2S2. The minimum Gasteiger partial charge on any atom is -0.507 e. The second-order valence-electron chi connectivity index (χ2n) is 4.85. The van der Waals surface area contributed by atoms with Crippen LogP contribution in [0.1, 0.15) is 11.1 Å². The topological polar surface area (TPSA) is 52.9 Å². The molecular weight excluding hydrogens is 408 g/mol. The largest absolute Gasteiger partial charge is 0.507 e. The summed E-state index contributed by atoms with van der Waals surface area (Å²) in [5, 5.41) is 15.3. The summed E-state index contributed by atoms with van der Waals surface area (Å²) in [5.74, 6) is -0.215. The molecule has 0 atom stereocenters. The average Bonchev–Trinajstić information content (AvgIpc) is 2.84. The highest BCUT2D eigenvalue weighted by Gasteiger charge is 2.32. The normalized spacial score (nSPS) is 16.5. The molecule has 1 aliphatic rings. The molecule has 1 N–H and O–H groups in total. The molecule has 2 aromatic rings. The van der Waals surface area contributed by atoms with Crippen molar-refractivity contribution in [2.24, 2.45) is 5.10 Å². The van der Waals surface area contributed by atoms with Gasteiger partial charge >= 0.3 is 0 Å². The first-order chi connectivity index (χ1) is 11.5. The zero-order valence-corrected chi connectivity index (χ0v) is 15.4. The van der Waals surface area contributed by atoms with E-state index in [0.29, 0.717) is 14.8 Å². The molecule has 0 aliphatic carbocycles. The molecule has 1 saturated heterocycles. The number of benzene rings is 2. The molecule has 1 heterocycles. The third-order valence-electron chi connectivity index (χ3n) is 3.17. The Balaban J connectivity index is 1.85. The quantitative estimate of drug-likeness (QED) is 0.456. The number of nitrogens with zero attached hydrogens (tertiary/aromatic N) is 2. The third kappa shape index (κ3) is 3.75. The Kier molecular flexibility index (Phi) is 5.13. The van der Waals surface area contributed by atoms with Gasteiger partial charge in [-0.1, -0.05) is 58.0 Å². The fraction of sp³-hybridized carbons (Fsp3) is 0. The first-order valence-corrected chi connectivity index (χ1v) is 8.92. The maximum absolute atomic E-state index is 12.5. The van der Waals surface area contributed by atoms with Gasteiger partial charge in [-0.3, -0.25) is 4.79 Å². The minimum atomic E-state index is -0.309. The van der Waals surface area contributed by atoms with Crippen molar-refractivity contribution in [3.05, 3.63) is 69.0 Å². The number of hydrogen-bond donors (Lipinski definition) is 1. The van der Waals surface area contributed by atoms with Crippen LogP contribution in [0.2, 0.25) is 0 Å². The van der Waals surface area contributed by atoms with Crippen LogP contribution in [0.5, 0.6) is 5.75 Å². The maximum atomic E-state index is 12.5. The molecule has 1 aliphatic heterocycles. The molecule has 0 saturated carbocycles. The summed E-state index contributed by atoms with van der Waals surface area (Å²) in [7, 11) is 0. The van der Waals surface area contributed by atoms with Crippen molar-refractivity contribution in [2.45, 2.75) is 0 Å². The zero-order chi connectivity index (χ0) is 17.1. The molecule has 24 heavy (non-hydrogen) atoms. The summed E-state index contributed by atoms with van der Waals surface area (Å²) in [6.07, 6.45) is 3.20. The van der Waals surface area contributed by atoms with E-state index in [2.05, 4.69) is 21.0 Å². The van der Waals surface area contributed by atoms with E-state index >= 15 is 0 Å². The Morgan fingerprint density at radius 1 is 1.21 bits per heavy atom. The second-order valence-corrected chi connectivity index (χ2v) is 7.44. The molecule has 1 amide bonds. The van der Waals surface area contributed by atoms with Gasteiger partial charge in [0.05, 0.1) is 11.1 Å². The Labute approximate surface area is 157 Å². The van der Waals surface area contributed by atoms with Crippen molar-refractivity contribution in [3.8, 4) is 5.75 Å². The second kappa shape index (κ2) is 7.29. The lowest BCUT2D eigenvalue weighted by Crippen LogP contribution is -2.22. The van der Waals surface area contributed by atoms with E-state index in [4.69, 9.17) is 12.2 Å². The number of amides is 1. The summed E-state index contributed by atoms with van der Waals surface area (Å²) in [6.45, 7) is 0. The van der Waals surface area contributed by atoms with Gasteiger partial charge in [-0.15, -0.1) is 0 Å². The number of carbonyl (C=O) groups is 1. The van der Waals surface area contributed by atoms with Gasteiger partial charge in [0.15, 0.2) is 4.32 Å². The van der Waals surface area contributed by atoms with Crippen molar-refractivity contribution in [1.29, 1.82) is 0 Å². The molecule has 120 valence electrons. The number of phenols is 1. The predicted molar refractivity (Wildman–Crippen MR) is 105 cm³/mol. The lowest BCUT2D eigenvalue weighted by molar-refractivity contribution is -0.122. The highest BCUT2D eigenvalue weighted by Crippen LogP contribution is 2.34. The molecule has 1 fully saturated rings. The van der Waals surface area contributed by atoms with Crippen LogP contribution in [0.25, 0.3) is 6.08 Å². The number of halogens is 1. The van der Waals surface area contributed by atoms with Crippen molar-refractivity contribution in [2.75, 3.05) is 0 Å². The maximum Gasteiger partial charge on any atom is 0.286 e. The van der Waals surface area contributed by atoms with E-state index in [9.17, 15) is 9.90 Å². The summed E-state index contributed by atoms with van der Waals surface area (Å²) in [6, 6.07) is 14.5. The lowest BCUT2D eigenvalue weighted by atomic mass is 10.2. The number of carbonyl (C=O) groups excluding carboxylic acids is 1. The fourth-order valence-electron chi connectivity index (χ4n) is 2.00.